The molecule has 0 radical (unpaired) electrons. The van der Waals surface area contributed by atoms with Crippen LogP contribution in [0.15, 0.2) is 54.6 Å². The summed E-state index contributed by atoms with van der Waals surface area (Å²) in [5, 5.41) is 0. The summed E-state index contributed by atoms with van der Waals surface area (Å²) < 4.78 is 65.7. The fourth-order valence-corrected chi connectivity index (χ4v) is 4.23. The van der Waals surface area contributed by atoms with E-state index in [2.05, 4.69) is 0 Å². The molecule has 0 aliphatic heterocycles. The van der Waals surface area contributed by atoms with Crippen LogP contribution in [0, 0.1) is 0 Å². The van der Waals surface area contributed by atoms with Crippen LogP contribution in [0.2, 0.25) is 0 Å². The van der Waals surface area contributed by atoms with Crippen LogP contribution in [0.5, 0.6) is 23.0 Å². The summed E-state index contributed by atoms with van der Waals surface area (Å²) in [5.41, 5.74) is 1.25. The van der Waals surface area contributed by atoms with E-state index in [1.54, 1.807) is 41.0 Å². The van der Waals surface area contributed by atoms with Crippen LogP contribution < -0.4 is 18.9 Å². The second-order valence-corrected chi connectivity index (χ2v) is 8.89. The zero-order chi connectivity index (χ0) is 27.4. The summed E-state index contributed by atoms with van der Waals surface area (Å²) in [7, 11) is 8.40. The zero-order valence-corrected chi connectivity index (χ0v) is 21.9. The predicted octanol–water partition coefficient (Wildman–Crippen LogP) is 5.74. The van der Waals surface area contributed by atoms with Gasteiger partial charge in [0.2, 0.25) is 5.75 Å². The first-order valence-electron chi connectivity index (χ1n) is 11.9. The van der Waals surface area contributed by atoms with Crippen LogP contribution in [0.25, 0.3) is 22.4 Å². The molecule has 10 heteroatoms. The molecule has 0 amide bonds. The lowest BCUT2D eigenvalue weighted by molar-refractivity contribution is -0.138. The summed E-state index contributed by atoms with van der Waals surface area (Å²) in [6.45, 7) is 1.11. The molecule has 38 heavy (non-hydrogen) atoms. The molecule has 0 saturated heterocycles. The highest BCUT2D eigenvalue weighted by atomic mass is 19.4. The standard InChI is InChI=1S/C28H30F3N3O4/c1-33(2)12-13-38-20-10-11-22-23(16-20)34(17-18-8-6-7-9-21(18)28(29,30)31)27(32-22)19-14-24(35-3)26(37-5)25(15-19)36-4/h6-11,14-16H,12-13,17H2,1-5H3. The number of hydrogen-bond acceptors (Lipinski definition) is 6. The van der Waals surface area contributed by atoms with E-state index in [-0.39, 0.29) is 12.1 Å². The van der Waals surface area contributed by atoms with Crippen molar-refractivity contribution >= 4 is 11.0 Å². The van der Waals surface area contributed by atoms with E-state index in [4.69, 9.17) is 23.9 Å². The molecule has 0 spiro atoms. The number of methoxy groups -OCH3 is 3. The van der Waals surface area contributed by atoms with Gasteiger partial charge in [-0.15, -0.1) is 0 Å². The van der Waals surface area contributed by atoms with Gasteiger partial charge in [0.1, 0.15) is 18.2 Å². The third-order valence-corrected chi connectivity index (χ3v) is 6.10. The van der Waals surface area contributed by atoms with E-state index in [9.17, 15) is 13.2 Å². The maximum atomic E-state index is 13.9. The molecular formula is C28H30F3N3O4. The average Bonchev–Trinajstić information content (AvgIpc) is 3.24. The van der Waals surface area contributed by atoms with Crippen molar-refractivity contribution in [3.63, 3.8) is 0 Å². The highest BCUT2D eigenvalue weighted by Crippen LogP contribution is 2.42. The van der Waals surface area contributed by atoms with Crippen molar-refractivity contribution in [1.29, 1.82) is 0 Å². The van der Waals surface area contributed by atoms with Gasteiger partial charge in [-0.05, 0) is 50.0 Å². The summed E-state index contributed by atoms with van der Waals surface area (Å²) in [4.78, 5) is 6.79. The largest absolute Gasteiger partial charge is 0.493 e. The minimum Gasteiger partial charge on any atom is -0.493 e. The van der Waals surface area contributed by atoms with Gasteiger partial charge in [-0.1, -0.05) is 18.2 Å². The Morgan fingerprint density at radius 1 is 0.895 bits per heavy atom. The molecule has 0 bridgehead atoms. The average molecular weight is 530 g/mol. The molecule has 0 atom stereocenters. The topological polar surface area (TPSA) is 58.0 Å². The first-order chi connectivity index (χ1) is 18.2. The first-order valence-corrected chi connectivity index (χ1v) is 11.9. The summed E-state index contributed by atoms with van der Waals surface area (Å²) in [6, 6.07) is 14.4. The van der Waals surface area contributed by atoms with Gasteiger partial charge in [0.05, 0.1) is 44.5 Å². The van der Waals surface area contributed by atoms with Crippen molar-refractivity contribution < 1.29 is 32.1 Å². The second kappa shape index (κ2) is 11.2. The van der Waals surface area contributed by atoms with E-state index >= 15 is 0 Å². The monoisotopic (exact) mass is 529 g/mol. The minimum absolute atomic E-state index is 0.0701. The summed E-state index contributed by atoms with van der Waals surface area (Å²) >= 11 is 0. The molecular weight excluding hydrogens is 499 g/mol. The SMILES string of the molecule is COc1cc(-c2nc3ccc(OCCN(C)C)cc3n2Cc2ccccc2C(F)(F)F)cc(OC)c1OC. The molecule has 7 nitrogen and oxygen atoms in total. The van der Waals surface area contributed by atoms with Gasteiger partial charge >= 0.3 is 6.18 Å². The van der Waals surface area contributed by atoms with Crippen molar-refractivity contribution in [3.05, 3.63) is 65.7 Å². The van der Waals surface area contributed by atoms with Crippen molar-refractivity contribution in [1.82, 2.24) is 14.5 Å². The Bertz CT molecular complexity index is 1390. The maximum absolute atomic E-state index is 13.9. The normalized spacial score (nSPS) is 11.7. The number of benzene rings is 3. The number of halogens is 3. The van der Waals surface area contributed by atoms with Crippen LogP contribution in [-0.4, -0.2) is 63.0 Å². The number of likely N-dealkylation sites (N-methyl/N-ethyl adjacent to an activating group) is 1. The first kappa shape index (κ1) is 27.1. The van der Waals surface area contributed by atoms with Crippen molar-refractivity contribution in [2.45, 2.75) is 12.7 Å². The lowest BCUT2D eigenvalue weighted by Crippen LogP contribution is -2.19. The van der Waals surface area contributed by atoms with Crippen LogP contribution in [0.4, 0.5) is 13.2 Å². The lowest BCUT2D eigenvalue weighted by atomic mass is 10.1. The van der Waals surface area contributed by atoms with Gasteiger partial charge in [-0.25, -0.2) is 4.98 Å². The van der Waals surface area contributed by atoms with Gasteiger partial charge in [0, 0.05) is 18.2 Å². The number of nitrogens with zero attached hydrogens (tertiary/aromatic N) is 3. The number of rotatable bonds is 10. The highest BCUT2D eigenvalue weighted by molar-refractivity contribution is 5.83. The van der Waals surface area contributed by atoms with Gasteiger partial charge in [-0.2, -0.15) is 13.2 Å². The van der Waals surface area contributed by atoms with E-state index in [0.717, 1.165) is 6.07 Å². The van der Waals surface area contributed by atoms with Gasteiger partial charge < -0.3 is 28.4 Å². The Kier molecular flexibility index (Phi) is 8.01. The van der Waals surface area contributed by atoms with E-state index in [1.807, 2.05) is 19.0 Å². The molecule has 202 valence electrons. The minimum atomic E-state index is -4.50. The van der Waals surface area contributed by atoms with Gasteiger partial charge in [-0.3, -0.25) is 0 Å². The molecule has 0 saturated carbocycles. The van der Waals surface area contributed by atoms with Crippen molar-refractivity contribution in [3.8, 4) is 34.4 Å². The fourth-order valence-electron chi connectivity index (χ4n) is 4.23. The van der Waals surface area contributed by atoms with Gasteiger partial charge in [0.25, 0.3) is 0 Å². The maximum Gasteiger partial charge on any atom is 0.416 e. The molecule has 1 heterocycles. The van der Waals surface area contributed by atoms with E-state index in [0.29, 0.717) is 58.6 Å². The Morgan fingerprint density at radius 3 is 2.18 bits per heavy atom. The van der Waals surface area contributed by atoms with Crippen LogP contribution in [-0.2, 0) is 12.7 Å². The Hall–Kier alpha value is -3.92. The number of aromatic nitrogens is 2. The number of alkyl halides is 3. The molecule has 0 fully saturated rings. The third kappa shape index (κ3) is 5.65. The van der Waals surface area contributed by atoms with Crippen LogP contribution >= 0.6 is 0 Å². The quantitative estimate of drug-likeness (QED) is 0.261. The number of imidazole rings is 1. The Labute approximate surface area is 219 Å². The van der Waals surface area contributed by atoms with E-state index in [1.165, 1.54) is 33.5 Å². The molecule has 3 aromatic carbocycles. The summed E-state index contributed by atoms with van der Waals surface area (Å²) in [5.74, 6) is 2.26. The number of ether oxygens (including phenoxy) is 4. The Morgan fingerprint density at radius 2 is 1.58 bits per heavy atom. The number of hydrogen-bond donors (Lipinski definition) is 0. The number of fused-ring (bicyclic) bond motifs is 1. The molecule has 0 N–H and O–H groups in total. The van der Waals surface area contributed by atoms with Crippen molar-refractivity contribution in [2.75, 3.05) is 48.6 Å². The smallest absolute Gasteiger partial charge is 0.416 e. The third-order valence-electron chi connectivity index (χ3n) is 6.10. The molecule has 0 unspecified atom stereocenters. The Balaban J connectivity index is 1.91. The van der Waals surface area contributed by atoms with Gasteiger partial charge in [0.15, 0.2) is 11.5 Å². The van der Waals surface area contributed by atoms with Crippen LogP contribution in [0.1, 0.15) is 11.1 Å². The highest BCUT2D eigenvalue weighted by Gasteiger charge is 2.33. The lowest BCUT2D eigenvalue weighted by Gasteiger charge is -2.17. The molecule has 4 aromatic rings. The van der Waals surface area contributed by atoms with Crippen LogP contribution in [0.3, 0.4) is 0 Å². The predicted molar refractivity (Wildman–Crippen MR) is 139 cm³/mol. The molecule has 1 aromatic heterocycles. The second-order valence-electron chi connectivity index (χ2n) is 8.89. The zero-order valence-electron chi connectivity index (χ0n) is 21.9. The molecule has 4 rings (SSSR count). The van der Waals surface area contributed by atoms with Crippen molar-refractivity contribution in [2.24, 2.45) is 0 Å². The molecule has 0 aliphatic carbocycles. The molecule has 0 aliphatic rings. The van der Waals surface area contributed by atoms with E-state index < -0.39 is 11.7 Å². The fraction of sp³-hybridized carbons (Fsp3) is 0.321. The summed E-state index contributed by atoms with van der Waals surface area (Å²) in [6.07, 6.45) is -4.50.